The van der Waals surface area contributed by atoms with Gasteiger partial charge in [0, 0.05) is 5.69 Å². The van der Waals surface area contributed by atoms with Gasteiger partial charge in [0.1, 0.15) is 11.4 Å². The maximum atomic E-state index is 13.2. The van der Waals surface area contributed by atoms with Crippen molar-refractivity contribution in [1.82, 2.24) is 0 Å². The predicted molar refractivity (Wildman–Crippen MR) is 96.0 cm³/mol. The Bertz CT molecular complexity index is 839. The van der Waals surface area contributed by atoms with E-state index in [1.165, 1.54) is 58.6 Å². The summed E-state index contributed by atoms with van der Waals surface area (Å²) in [6, 6.07) is 8.35. The van der Waals surface area contributed by atoms with Gasteiger partial charge < -0.3 is 24.3 Å². The molecule has 0 aliphatic rings. The molecule has 1 amide bonds. The van der Waals surface area contributed by atoms with Crippen molar-refractivity contribution in [3.63, 3.8) is 0 Å². The Hall–Kier alpha value is -3.29. The number of esters is 1. The van der Waals surface area contributed by atoms with E-state index in [-0.39, 0.29) is 22.7 Å². The number of carbonyl (C=O) groups excluding carboxylic acids is 2. The Morgan fingerprint density at radius 2 is 1.70 bits per heavy atom. The van der Waals surface area contributed by atoms with Gasteiger partial charge in [-0.05, 0) is 37.3 Å². The first-order valence-corrected chi connectivity index (χ1v) is 7.97. The first-order chi connectivity index (χ1) is 12.9. The SMILES string of the molecule is COc1ccc(C(=O)OC(C)C(=O)Nc2cccc(F)c2)c(OC)c1OC. The number of amides is 1. The summed E-state index contributed by atoms with van der Waals surface area (Å²) in [5.74, 6) is -1.15. The molecule has 2 aromatic rings. The van der Waals surface area contributed by atoms with Gasteiger partial charge in [-0.25, -0.2) is 9.18 Å². The molecule has 1 unspecified atom stereocenters. The van der Waals surface area contributed by atoms with Crippen LogP contribution < -0.4 is 19.5 Å². The fourth-order valence-electron chi connectivity index (χ4n) is 2.35. The number of halogens is 1. The Morgan fingerprint density at radius 1 is 1.00 bits per heavy atom. The van der Waals surface area contributed by atoms with Crippen LogP contribution in [0.3, 0.4) is 0 Å². The zero-order valence-electron chi connectivity index (χ0n) is 15.4. The van der Waals surface area contributed by atoms with E-state index < -0.39 is 23.8 Å². The van der Waals surface area contributed by atoms with Crippen molar-refractivity contribution in [1.29, 1.82) is 0 Å². The molecule has 0 spiro atoms. The van der Waals surface area contributed by atoms with E-state index >= 15 is 0 Å². The second-order valence-electron chi connectivity index (χ2n) is 5.43. The fourth-order valence-corrected chi connectivity index (χ4v) is 2.35. The van der Waals surface area contributed by atoms with Gasteiger partial charge in [-0.2, -0.15) is 0 Å². The smallest absolute Gasteiger partial charge is 0.342 e. The number of carbonyl (C=O) groups is 2. The van der Waals surface area contributed by atoms with Crippen LogP contribution in [0.15, 0.2) is 36.4 Å². The topological polar surface area (TPSA) is 83.1 Å². The van der Waals surface area contributed by atoms with Crippen molar-refractivity contribution in [3.8, 4) is 17.2 Å². The first kappa shape index (κ1) is 20.0. The second-order valence-corrected chi connectivity index (χ2v) is 5.43. The van der Waals surface area contributed by atoms with Crippen LogP contribution in [0.25, 0.3) is 0 Å². The first-order valence-electron chi connectivity index (χ1n) is 7.97. The highest BCUT2D eigenvalue weighted by atomic mass is 19.1. The maximum absolute atomic E-state index is 13.2. The molecule has 0 heterocycles. The molecule has 0 aliphatic carbocycles. The number of nitrogens with one attached hydrogen (secondary N) is 1. The lowest BCUT2D eigenvalue weighted by Gasteiger charge is -2.17. The summed E-state index contributed by atoms with van der Waals surface area (Å²) in [6.07, 6.45) is -1.13. The number of anilines is 1. The van der Waals surface area contributed by atoms with Gasteiger partial charge >= 0.3 is 5.97 Å². The number of ether oxygens (including phenoxy) is 4. The lowest BCUT2D eigenvalue weighted by molar-refractivity contribution is -0.123. The standard InChI is InChI=1S/C19H20FNO6/c1-11(18(22)21-13-7-5-6-12(20)10-13)27-19(23)14-8-9-15(24-2)17(26-4)16(14)25-3/h5-11H,1-4H3,(H,21,22). The monoisotopic (exact) mass is 377 g/mol. The molecule has 7 nitrogen and oxygen atoms in total. The van der Waals surface area contributed by atoms with Gasteiger partial charge in [-0.15, -0.1) is 0 Å². The predicted octanol–water partition coefficient (Wildman–Crippen LogP) is 3.04. The third kappa shape index (κ3) is 4.66. The zero-order chi connectivity index (χ0) is 20.0. The van der Waals surface area contributed by atoms with Crippen LogP contribution in [0.4, 0.5) is 10.1 Å². The van der Waals surface area contributed by atoms with Crippen LogP contribution in [-0.4, -0.2) is 39.3 Å². The summed E-state index contributed by atoms with van der Waals surface area (Å²) < 4.78 is 34.0. The number of benzene rings is 2. The Kier molecular flexibility index (Phi) is 6.59. The molecule has 0 fully saturated rings. The highest BCUT2D eigenvalue weighted by molar-refractivity contribution is 5.99. The third-order valence-electron chi connectivity index (χ3n) is 3.67. The van der Waals surface area contributed by atoms with Gasteiger partial charge in [0.05, 0.1) is 21.3 Å². The molecule has 0 radical (unpaired) electrons. The Labute approximate surface area is 156 Å². The minimum absolute atomic E-state index is 0.0700. The fraction of sp³-hybridized carbons (Fsp3) is 0.263. The number of rotatable bonds is 7. The number of hydrogen-bond donors (Lipinski definition) is 1. The molecule has 0 aromatic heterocycles. The summed E-state index contributed by atoms with van der Waals surface area (Å²) in [7, 11) is 4.23. The van der Waals surface area contributed by atoms with E-state index in [2.05, 4.69) is 5.32 Å². The van der Waals surface area contributed by atoms with Crippen molar-refractivity contribution in [3.05, 3.63) is 47.8 Å². The van der Waals surface area contributed by atoms with Gasteiger partial charge in [0.25, 0.3) is 5.91 Å². The summed E-state index contributed by atoms with van der Waals surface area (Å²) in [6.45, 7) is 1.40. The van der Waals surface area contributed by atoms with E-state index in [1.807, 2.05) is 0 Å². The van der Waals surface area contributed by atoms with E-state index in [0.717, 1.165) is 6.07 Å². The van der Waals surface area contributed by atoms with Crippen LogP contribution in [0.5, 0.6) is 17.2 Å². The third-order valence-corrected chi connectivity index (χ3v) is 3.67. The highest BCUT2D eigenvalue weighted by Gasteiger charge is 2.25. The molecule has 0 bridgehead atoms. The van der Waals surface area contributed by atoms with Crippen molar-refractivity contribution >= 4 is 17.6 Å². The van der Waals surface area contributed by atoms with E-state index in [0.29, 0.717) is 5.75 Å². The summed E-state index contributed by atoms with van der Waals surface area (Å²) in [4.78, 5) is 24.7. The Morgan fingerprint density at radius 3 is 2.30 bits per heavy atom. The van der Waals surface area contributed by atoms with Crippen molar-refractivity contribution in [2.75, 3.05) is 26.6 Å². The Balaban J connectivity index is 2.15. The van der Waals surface area contributed by atoms with Crippen molar-refractivity contribution in [2.24, 2.45) is 0 Å². The lowest BCUT2D eigenvalue weighted by Crippen LogP contribution is -2.30. The van der Waals surface area contributed by atoms with Gasteiger partial charge in [-0.1, -0.05) is 6.07 Å². The van der Waals surface area contributed by atoms with Crippen LogP contribution in [0, 0.1) is 5.82 Å². The molecule has 2 aromatic carbocycles. The summed E-state index contributed by atoms with van der Waals surface area (Å²) >= 11 is 0. The molecule has 27 heavy (non-hydrogen) atoms. The van der Waals surface area contributed by atoms with E-state index in [9.17, 15) is 14.0 Å². The minimum atomic E-state index is -1.13. The van der Waals surface area contributed by atoms with Crippen LogP contribution in [-0.2, 0) is 9.53 Å². The minimum Gasteiger partial charge on any atom is -0.493 e. The van der Waals surface area contributed by atoms with Crippen molar-refractivity contribution < 1.29 is 32.9 Å². The maximum Gasteiger partial charge on any atom is 0.342 e. The van der Waals surface area contributed by atoms with Crippen LogP contribution in [0.2, 0.25) is 0 Å². The molecule has 2 rings (SSSR count). The van der Waals surface area contributed by atoms with Crippen molar-refractivity contribution in [2.45, 2.75) is 13.0 Å². The van der Waals surface area contributed by atoms with Crippen LogP contribution in [0.1, 0.15) is 17.3 Å². The quantitative estimate of drug-likeness (QED) is 0.747. The normalized spacial score (nSPS) is 11.3. The number of methoxy groups -OCH3 is 3. The van der Waals surface area contributed by atoms with Crippen LogP contribution >= 0.6 is 0 Å². The summed E-state index contributed by atoms with van der Waals surface area (Å²) in [5.41, 5.74) is 0.326. The molecular formula is C19H20FNO6. The molecule has 1 N–H and O–H groups in total. The second kappa shape index (κ2) is 8.88. The number of hydrogen-bond acceptors (Lipinski definition) is 6. The average molecular weight is 377 g/mol. The van der Waals surface area contributed by atoms with Gasteiger partial charge in [0.15, 0.2) is 17.6 Å². The highest BCUT2D eigenvalue weighted by Crippen LogP contribution is 2.40. The molecule has 0 saturated heterocycles. The zero-order valence-corrected chi connectivity index (χ0v) is 15.4. The van der Waals surface area contributed by atoms with Gasteiger partial charge in [0.2, 0.25) is 5.75 Å². The largest absolute Gasteiger partial charge is 0.493 e. The molecule has 144 valence electrons. The lowest BCUT2D eigenvalue weighted by atomic mass is 10.1. The molecule has 8 heteroatoms. The molecule has 0 aliphatic heterocycles. The molecule has 0 saturated carbocycles. The molecular weight excluding hydrogens is 357 g/mol. The average Bonchev–Trinajstić information content (AvgIpc) is 2.66. The molecule has 1 atom stereocenters. The van der Waals surface area contributed by atoms with E-state index in [1.54, 1.807) is 0 Å². The van der Waals surface area contributed by atoms with E-state index in [4.69, 9.17) is 18.9 Å². The van der Waals surface area contributed by atoms with Gasteiger partial charge in [-0.3, -0.25) is 4.79 Å². The summed E-state index contributed by atoms with van der Waals surface area (Å²) in [5, 5.41) is 2.48.